The number of rotatable bonds is 4. The van der Waals surface area contributed by atoms with Crippen molar-refractivity contribution in [2.45, 2.75) is 6.54 Å². The molecule has 0 aliphatic heterocycles. The summed E-state index contributed by atoms with van der Waals surface area (Å²) in [7, 11) is 0. The number of carbonyl (C=O) groups excluding carboxylic acids is 1. The van der Waals surface area contributed by atoms with Crippen LogP contribution in [0.15, 0.2) is 71.5 Å². The second-order valence-corrected chi connectivity index (χ2v) is 6.69. The molecule has 0 fully saturated rings. The predicted octanol–water partition coefficient (Wildman–Crippen LogP) is 3.16. The maximum absolute atomic E-state index is 12.6. The fourth-order valence-corrected chi connectivity index (χ4v) is 3.56. The first-order valence-electron chi connectivity index (χ1n) is 7.98. The van der Waals surface area contributed by atoms with E-state index in [1.807, 2.05) is 48.5 Å². The number of hydrogen-bond acceptors (Lipinski definition) is 5. The molecule has 1 amide bonds. The molecule has 2 aromatic carbocycles. The molecule has 0 atom stereocenters. The monoisotopic (exact) mass is 362 g/mol. The Labute approximate surface area is 152 Å². The van der Waals surface area contributed by atoms with Crippen molar-refractivity contribution >= 4 is 33.1 Å². The van der Waals surface area contributed by atoms with Crippen molar-refractivity contribution in [2.24, 2.45) is 0 Å². The van der Waals surface area contributed by atoms with E-state index in [0.717, 1.165) is 15.1 Å². The highest BCUT2D eigenvalue weighted by atomic mass is 32.1. The first-order valence-corrected chi connectivity index (χ1v) is 8.80. The molecule has 2 aromatic heterocycles. The first kappa shape index (κ1) is 16.2. The summed E-state index contributed by atoms with van der Waals surface area (Å²) in [6.45, 7) is -0.187. The zero-order valence-corrected chi connectivity index (χ0v) is 14.4. The lowest BCUT2D eigenvalue weighted by atomic mass is 10.2. The summed E-state index contributed by atoms with van der Waals surface area (Å²) in [6.07, 6.45) is 0. The van der Waals surface area contributed by atoms with Gasteiger partial charge in [-0.3, -0.25) is 9.59 Å². The lowest BCUT2D eigenvalue weighted by Gasteiger charge is -2.05. The van der Waals surface area contributed by atoms with Crippen molar-refractivity contribution in [1.29, 1.82) is 0 Å². The molecule has 0 radical (unpaired) electrons. The number of hydrogen-bond donors (Lipinski definition) is 1. The van der Waals surface area contributed by atoms with Gasteiger partial charge in [-0.25, -0.2) is 4.68 Å². The van der Waals surface area contributed by atoms with Gasteiger partial charge in [-0.1, -0.05) is 53.7 Å². The number of amides is 1. The molecule has 4 aromatic rings. The number of benzene rings is 2. The third kappa shape index (κ3) is 3.25. The zero-order valence-electron chi connectivity index (χ0n) is 13.6. The Kier molecular flexibility index (Phi) is 4.28. The molecule has 2 heterocycles. The molecule has 7 heteroatoms. The van der Waals surface area contributed by atoms with Crippen LogP contribution in [-0.2, 0) is 11.3 Å². The summed E-state index contributed by atoms with van der Waals surface area (Å²) in [5.41, 5.74) is 1.36. The minimum atomic E-state index is -0.328. The van der Waals surface area contributed by atoms with Crippen molar-refractivity contribution in [3.8, 4) is 10.4 Å². The van der Waals surface area contributed by atoms with Gasteiger partial charge in [0.2, 0.25) is 5.91 Å². The van der Waals surface area contributed by atoms with Crippen molar-refractivity contribution in [3.05, 3.63) is 77.1 Å². The summed E-state index contributed by atoms with van der Waals surface area (Å²) in [5, 5.41) is 11.2. The summed E-state index contributed by atoms with van der Waals surface area (Å²) < 4.78 is 1.09. The number of anilines is 1. The predicted molar refractivity (Wildman–Crippen MR) is 102 cm³/mol. The molecule has 0 spiro atoms. The van der Waals surface area contributed by atoms with Gasteiger partial charge in [-0.2, -0.15) is 0 Å². The number of aromatic nitrogens is 3. The SMILES string of the molecule is O=C(Cn1nnc2sc(-c3ccccc3)cc2c1=O)Nc1ccccc1. The van der Waals surface area contributed by atoms with Crippen molar-refractivity contribution < 1.29 is 4.79 Å². The Balaban J connectivity index is 1.61. The fourth-order valence-electron chi connectivity index (χ4n) is 2.59. The minimum absolute atomic E-state index is 0.187. The molecule has 4 rings (SSSR count). The van der Waals surface area contributed by atoms with E-state index in [-0.39, 0.29) is 18.0 Å². The normalized spacial score (nSPS) is 10.8. The van der Waals surface area contributed by atoms with Crippen LogP contribution in [0.2, 0.25) is 0 Å². The van der Waals surface area contributed by atoms with E-state index >= 15 is 0 Å². The van der Waals surface area contributed by atoms with Crippen LogP contribution < -0.4 is 10.9 Å². The summed E-state index contributed by atoms with van der Waals surface area (Å²) in [5.74, 6) is -0.328. The van der Waals surface area contributed by atoms with Crippen LogP contribution >= 0.6 is 11.3 Å². The van der Waals surface area contributed by atoms with E-state index in [0.29, 0.717) is 15.9 Å². The Bertz CT molecular complexity index is 1120. The first-order chi connectivity index (χ1) is 12.7. The molecule has 6 nitrogen and oxygen atoms in total. The topological polar surface area (TPSA) is 76.9 Å². The molecule has 0 saturated heterocycles. The van der Waals surface area contributed by atoms with Gasteiger partial charge in [0.1, 0.15) is 6.54 Å². The molecular formula is C19H14N4O2S. The average Bonchev–Trinajstić information content (AvgIpc) is 3.11. The summed E-state index contributed by atoms with van der Waals surface area (Å²) in [4.78, 5) is 26.3. The highest BCUT2D eigenvalue weighted by Crippen LogP contribution is 2.30. The number of fused-ring (bicyclic) bond motifs is 1. The van der Waals surface area contributed by atoms with Crippen LogP contribution in [0.4, 0.5) is 5.69 Å². The zero-order chi connectivity index (χ0) is 17.9. The van der Waals surface area contributed by atoms with Gasteiger partial charge in [0.25, 0.3) is 5.56 Å². The molecule has 0 bridgehead atoms. The second kappa shape index (κ2) is 6.89. The Morgan fingerprint density at radius 3 is 2.46 bits per heavy atom. The number of nitrogens with zero attached hydrogens (tertiary/aromatic N) is 3. The summed E-state index contributed by atoms with van der Waals surface area (Å²) in [6, 6.07) is 20.6. The molecule has 128 valence electrons. The van der Waals surface area contributed by atoms with E-state index in [2.05, 4.69) is 15.6 Å². The lowest BCUT2D eigenvalue weighted by molar-refractivity contribution is -0.117. The van der Waals surface area contributed by atoms with Crippen LogP contribution in [0.25, 0.3) is 20.7 Å². The van der Waals surface area contributed by atoms with Crippen LogP contribution in [-0.4, -0.2) is 20.9 Å². The third-order valence-corrected chi connectivity index (χ3v) is 4.90. The van der Waals surface area contributed by atoms with Gasteiger partial charge in [0, 0.05) is 10.6 Å². The van der Waals surface area contributed by atoms with E-state index in [1.165, 1.54) is 11.3 Å². The van der Waals surface area contributed by atoms with Crippen LogP contribution in [0.1, 0.15) is 0 Å². The molecule has 26 heavy (non-hydrogen) atoms. The maximum atomic E-state index is 12.6. The average molecular weight is 362 g/mol. The third-order valence-electron chi connectivity index (χ3n) is 3.83. The van der Waals surface area contributed by atoms with Gasteiger partial charge in [-0.05, 0) is 23.8 Å². The van der Waals surface area contributed by atoms with Gasteiger partial charge < -0.3 is 5.32 Å². The number of thiophene rings is 1. The summed E-state index contributed by atoms with van der Waals surface area (Å²) >= 11 is 1.41. The molecule has 0 aliphatic rings. The van der Waals surface area contributed by atoms with Crippen LogP contribution in [0.3, 0.4) is 0 Å². The minimum Gasteiger partial charge on any atom is -0.324 e. The van der Waals surface area contributed by atoms with Crippen molar-refractivity contribution in [2.75, 3.05) is 5.32 Å². The van der Waals surface area contributed by atoms with Gasteiger partial charge in [-0.15, -0.1) is 16.4 Å². The Hall–Kier alpha value is -3.32. The van der Waals surface area contributed by atoms with Crippen LogP contribution in [0, 0.1) is 0 Å². The lowest BCUT2D eigenvalue weighted by Crippen LogP contribution is -2.30. The number of nitrogens with one attached hydrogen (secondary N) is 1. The smallest absolute Gasteiger partial charge is 0.279 e. The molecular weight excluding hydrogens is 348 g/mol. The van der Waals surface area contributed by atoms with Gasteiger partial charge >= 0.3 is 0 Å². The maximum Gasteiger partial charge on any atom is 0.279 e. The molecule has 1 N–H and O–H groups in total. The Morgan fingerprint density at radius 1 is 1.04 bits per heavy atom. The number of para-hydroxylation sites is 1. The van der Waals surface area contributed by atoms with E-state index in [4.69, 9.17) is 0 Å². The van der Waals surface area contributed by atoms with Crippen LogP contribution in [0.5, 0.6) is 0 Å². The fraction of sp³-hybridized carbons (Fsp3) is 0.0526. The Morgan fingerprint density at radius 2 is 1.73 bits per heavy atom. The standard InChI is InChI=1S/C19H14N4O2S/c24-17(20-14-9-5-2-6-10-14)12-23-19(25)15-11-16(26-18(15)21-22-23)13-7-3-1-4-8-13/h1-11H,12H2,(H,20,24). The van der Waals surface area contributed by atoms with E-state index in [1.54, 1.807) is 18.2 Å². The molecule has 0 aliphatic carbocycles. The molecule has 0 saturated carbocycles. The highest BCUT2D eigenvalue weighted by Gasteiger charge is 2.13. The van der Waals surface area contributed by atoms with E-state index in [9.17, 15) is 9.59 Å². The van der Waals surface area contributed by atoms with Gasteiger partial charge in [0.15, 0.2) is 4.83 Å². The number of carbonyl (C=O) groups is 1. The van der Waals surface area contributed by atoms with Crippen molar-refractivity contribution in [3.63, 3.8) is 0 Å². The second-order valence-electron chi connectivity index (χ2n) is 5.66. The van der Waals surface area contributed by atoms with Gasteiger partial charge in [0.05, 0.1) is 5.39 Å². The quantitative estimate of drug-likeness (QED) is 0.605. The highest BCUT2D eigenvalue weighted by molar-refractivity contribution is 7.21. The largest absolute Gasteiger partial charge is 0.324 e. The van der Waals surface area contributed by atoms with E-state index < -0.39 is 0 Å². The van der Waals surface area contributed by atoms with Crippen molar-refractivity contribution in [1.82, 2.24) is 15.0 Å². The molecule has 0 unspecified atom stereocenters.